The highest BCUT2D eigenvalue weighted by atomic mass is 35.5. The summed E-state index contributed by atoms with van der Waals surface area (Å²) >= 11 is 6.01. The summed E-state index contributed by atoms with van der Waals surface area (Å²) in [4.78, 5) is 1.45. The Bertz CT molecular complexity index is 422. The van der Waals surface area contributed by atoms with Crippen molar-refractivity contribution in [2.75, 3.05) is 26.2 Å². The van der Waals surface area contributed by atoms with Gasteiger partial charge in [-0.05, 0) is 24.1 Å². The number of aryl methyl sites for hydroxylation is 1. The van der Waals surface area contributed by atoms with Gasteiger partial charge in [-0.2, -0.15) is 13.2 Å². The van der Waals surface area contributed by atoms with Gasteiger partial charge in [-0.15, -0.1) is 0 Å². The molecule has 1 aromatic carbocycles. The minimum atomic E-state index is -4.33. The monoisotopic (exact) mass is 292 g/mol. The molecule has 0 amide bonds. The van der Waals surface area contributed by atoms with Crippen LogP contribution in [0.4, 0.5) is 13.2 Å². The van der Waals surface area contributed by atoms with Crippen molar-refractivity contribution in [2.45, 2.75) is 19.1 Å². The lowest BCUT2D eigenvalue weighted by atomic mass is 9.98. The lowest BCUT2D eigenvalue weighted by Gasteiger charge is -2.37. The van der Waals surface area contributed by atoms with Crippen LogP contribution in [0, 0.1) is 6.92 Å². The van der Waals surface area contributed by atoms with Crippen LogP contribution in [0.3, 0.4) is 0 Å². The number of hydrogen-bond donors (Lipinski definition) is 1. The highest BCUT2D eigenvalue weighted by Crippen LogP contribution is 2.41. The molecule has 1 saturated heterocycles. The van der Waals surface area contributed by atoms with E-state index in [9.17, 15) is 13.2 Å². The van der Waals surface area contributed by atoms with Crippen molar-refractivity contribution in [3.05, 3.63) is 34.3 Å². The average molecular weight is 293 g/mol. The van der Waals surface area contributed by atoms with E-state index in [1.807, 2.05) is 0 Å². The van der Waals surface area contributed by atoms with Crippen molar-refractivity contribution in [3.8, 4) is 0 Å². The molecule has 1 aliphatic rings. The van der Waals surface area contributed by atoms with Gasteiger partial charge >= 0.3 is 6.18 Å². The first-order valence-electron chi connectivity index (χ1n) is 6.18. The summed E-state index contributed by atoms with van der Waals surface area (Å²) in [6.45, 7) is 3.54. The molecule has 1 aromatic rings. The topological polar surface area (TPSA) is 15.3 Å². The summed E-state index contributed by atoms with van der Waals surface area (Å²) in [6.07, 6.45) is -4.33. The molecule has 1 heterocycles. The summed E-state index contributed by atoms with van der Waals surface area (Å²) in [5.41, 5.74) is 0.756. The van der Waals surface area contributed by atoms with Crippen LogP contribution in [0.5, 0.6) is 0 Å². The Morgan fingerprint density at radius 2 is 1.89 bits per heavy atom. The van der Waals surface area contributed by atoms with E-state index in [1.165, 1.54) is 11.0 Å². The molecule has 0 aliphatic carbocycles. The second-order valence-electron chi connectivity index (χ2n) is 4.70. The van der Waals surface area contributed by atoms with Crippen LogP contribution >= 0.6 is 11.6 Å². The van der Waals surface area contributed by atoms with E-state index in [-0.39, 0.29) is 10.6 Å². The molecule has 1 N–H and O–H groups in total. The van der Waals surface area contributed by atoms with E-state index in [4.69, 9.17) is 11.6 Å². The van der Waals surface area contributed by atoms with Crippen LogP contribution in [0.1, 0.15) is 17.2 Å². The van der Waals surface area contributed by atoms with E-state index < -0.39 is 12.2 Å². The van der Waals surface area contributed by atoms with Gasteiger partial charge in [0.15, 0.2) is 0 Å². The minimum absolute atomic E-state index is 0.179. The highest BCUT2D eigenvalue weighted by molar-refractivity contribution is 6.31. The number of nitrogens with one attached hydrogen (secondary N) is 1. The van der Waals surface area contributed by atoms with E-state index >= 15 is 0 Å². The number of rotatable bonds is 2. The van der Waals surface area contributed by atoms with Gasteiger partial charge in [-0.1, -0.05) is 23.7 Å². The molecule has 1 aliphatic heterocycles. The summed E-state index contributed by atoms with van der Waals surface area (Å²) in [7, 11) is 0. The third-order valence-electron chi connectivity index (χ3n) is 3.37. The van der Waals surface area contributed by atoms with Gasteiger partial charge in [0.2, 0.25) is 0 Å². The second kappa shape index (κ2) is 5.69. The average Bonchev–Trinajstić information content (AvgIpc) is 2.33. The van der Waals surface area contributed by atoms with Crippen LogP contribution < -0.4 is 5.32 Å². The number of nitrogens with zero attached hydrogens (tertiary/aromatic N) is 1. The lowest BCUT2D eigenvalue weighted by molar-refractivity contribution is -0.188. The molecular formula is C13H16ClF3N2. The van der Waals surface area contributed by atoms with E-state index in [2.05, 4.69) is 5.32 Å². The zero-order valence-corrected chi connectivity index (χ0v) is 11.4. The van der Waals surface area contributed by atoms with Crippen LogP contribution in [0.2, 0.25) is 5.02 Å². The Labute approximate surface area is 115 Å². The SMILES string of the molecule is Cc1cccc(Cl)c1[C@H](N1CCNCC1)C(F)(F)F. The molecular weight excluding hydrogens is 277 g/mol. The summed E-state index contributed by atoms with van der Waals surface area (Å²) in [5.74, 6) is 0. The molecule has 106 valence electrons. The van der Waals surface area contributed by atoms with Crippen LogP contribution in [-0.4, -0.2) is 37.3 Å². The third-order valence-corrected chi connectivity index (χ3v) is 3.70. The molecule has 0 saturated carbocycles. The first-order chi connectivity index (χ1) is 8.91. The van der Waals surface area contributed by atoms with E-state index in [0.29, 0.717) is 31.7 Å². The first-order valence-corrected chi connectivity index (χ1v) is 6.55. The Hall–Kier alpha value is -0.780. The van der Waals surface area contributed by atoms with Crippen molar-refractivity contribution in [1.29, 1.82) is 0 Å². The molecule has 0 unspecified atom stereocenters. The molecule has 0 spiro atoms. The largest absolute Gasteiger partial charge is 0.408 e. The van der Waals surface area contributed by atoms with Crippen LogP contribution in [0.15, 0.2) is 18.2 Å². The van der Waals surface area contributed by atoms with Gasteiger partial charge in [-0.3, -0.25) is 4.90 Å². The number of benzene rings is 1. The van der Waals surface area contributed by atoms with Gasteiger partial charge in [0.05, 0.1) is 0 Å². The lowest BCUT2D eigenvalue weighted by Crippen LogP contribution is -2.49. The first kappa shape index (κ1) is 14.6. The van der Waals surface area contributed by atoms with Crippen molar-refractivity contribution in [2.24, 2.45) is 0 Å². The Kier molecular flexibility index (Phi) is 4.38. The standard InChI is InChI=1S/C13H16ClF3N2/c1-9-3-2-4-10(14)11(9)12(13(15,16)17)19-7-5-18-6-8-19/h2-4,12,18H,5-8H2,1H3/t12-/m0/s1. The van der Waals surface area contributed by atoms with E-state index in [0.717, 1.165) is 0 Å². The van der Waals surface area contributed by atoms with Crippen molar-refractivity contribution < 1.29 is 13.2 Å². The maximum absolute atomic E-state index is 13.4. The number of hydrogen-bond acceptors (Lipinski definition) is 2. The fraction of sp³-hybridized carbons (Fsp3) is 0.538. The summed E-state index contributed by atoms with van der Waals surface area (Å²) < 4.78 is 40.3. The molecule has 1 atom stereocenters. The molecule has 6 heteroatoms. The molecule has 1 fully saturated rings. The predicted molar refractivity (Wildman–Crippen MR) is 69.4 cm³/mol. The van der Waals surface area contributed by atoms with Crippen LogP contribution in [0.25, 0.3) is 0 Å². The normalized spacial score (nSPS) is 19.4. The van der Waals surface area contributed by atoms with Gasteiger partial charge in [0, 0.05) is 31.2 Å². The third kappa shape index (κ3) is 3.22. The molecule has 2 rings (SSSR count). The maximum Gasteiger partial charge on any atom is 0.408 e. The number of piperazine rings is 1. The summed E-state index contributed by atoms with van der Waals surface area (Å²) in [5, 5.41) is 3.24. The molecule has 0 aromatic heterocycles. The molecule has 0 bridgehead atoms. The Morgan fingerprint density at radius 1 is 1.26 bits per heavy atom. The van der Waals surface area contributed by atoms with Crippen molar-refractivity contribution in [3.63, 3.8) is 0 Å². The maximum atomic E-state index is 13.4. The van der Waals surface area contributed by atoms with Gasteiger partial charge < -0.3 is 5.32 Å². The Balaban J connectivity index is 2.43. The fourth-order valence-electron chi connectivity index (χ4n) is 2.48. The zero-order chi connectivity index (χ0) is 14.0. The van der Waals surface area contributed by atoms with Gasteiger partial charge in [0.1, 0.15) is 6.04 Å². The molecule has 19 heavy (non-hydrogen) atoms. The smallest absolute Gasteiger partial charge is 0.314 e. The second-order valence-corrected chi connectivity index (χ2v) is 5.11. The highest BCUT2D eigenvalue weighted by Gasteiger charge is 2.46. The van der Waals surface area contributed by atoms with Crippen molar-refractivity contribution in [1.82, 2.24) is 10.2 Å². The van der Waals surface area contributed by atoms with Crippen molar-refractivity contribution >= 4 is 11.6 Å². The predicted octanol–water partition coefficient (Wildman–Crippen LogP) is 3.16. The summed E-state index contributed by atoms with van der Waals surface area (Å²) in [6, 6.07) is 3.24. The number of halogens is 4. The Morgan fingerprint density at radius 3 is 2.42 bits per heavy atom. The van der Waals surface area contributed by atoms with E-state index in [1.54, 1.807) is 19.1 Å². The fourth-order valence-corrected chi connectivity index (χ4v) is 2.81. The van der Waals surface area contributed by atoms with Gasteiger partial charge in [0.25, 0.3) is 0 Å². The van der Waals surface area contributed by atoms with Crippen LogP contribution in [-0.2, 0) is 0 Å². The quantitative estimate of drug-likeness (QED) is 0.901. The van der Waals surface area contributed by atoms with Gasteiger partial charge in [-0.25, -0.2) is 0 Å². The minimum Gasteiger partial charge on any atom is -0.314 e. The molecule has 2 nitrogen and oxygen atoms in total. The zero-order valence-electron chi connectivity index (χ0n) is 10.6. The number of alkyl halides is 3. The molecule has 0 radical (unpaired) electrons.